The van der Waals surface area contributed by atoms with E-state index in [2.05, 4.69) is 19.2 Å². The van der Waals surface area contributed by atoms with Crippen molar-refractivity contribution in [1.82, 2.24) is 5.32 Å². The van der Waals surface area contributed by atoms with Crippen molar-refractivity contribution in [2.75, 3.05) is 6.61 Å². The zero-order chi connectivity index (χ0) is 16.5. The van der Waals surface area contributed by atoms with Crippen LogP contribution in [0.4, 0.5) is 4.79 Å². The molecule has 1 unspecified atom stereocenters. The fraction of sp³-hybridized carbons (Fsp3) is 0.750. The first-order valence-electron chi connectivity index (χ1n) is 7.52. The summed E-state index contributed by atoms with van der Waals surface area (Å²) in [5.41, 5.74) is -0.523. The second-order valence-electron chi connectivity index (χ2n) is 6.03. The van der Waals surface area contributed by atoms with Crippen molar-refractivity contribution in [3.63, 3.8) is 0 Å². The van der Waals surface area contributed by atoms with Crippen LogP contribution >= 0.6 is 0 Å². The van der Waals surface area contributed by atoms with E-state index in [0.717, 1.165) is 6.42 Å². The number of rotatable bonds is 7. The van der Waals surface area contributed by atoms with Crippen molar-refractivity contribution in [2.45, 2.75) is 66.0 Å². The van der Waals surface area contributed by atoms with Crippen molar-refractivity contribution < 1.29 is 19.1 Å². The molecule has 0 fully saturated rings. The first kappa shape index (κ1) is 19.5. The maximum atomic E-state index is 11.8. The third kappa shape index (κ3) is 9.93. The van der Waals surface area contributed by atoms with Gasteiger partial charge in [-0.2, -0.15) is 0 Å². The number of alkyl carbamates (subject to hydrolysis) is 1. The minimum atomic E-state index is -0.523. The van der Waals surface area contributed by atoms with Crippen LogP contribution in [-0.2, 0) is 14.3 Å². The van der Waals surface area contributed by atoms with Crippen LogP contribution in [0.2, 0.25) is 0 Å². The summed E-state index contributed by atoms with van der Waals surface area (Å²) in [6.45, 7) is 11.7. The van der Waals surface area contributed by atoms with Gasteiger partial charge in [0.2, 0.25) is 0 Å². The molecule has 5 heteroatoms. The third-order valence-corrected chi connectivity index (χ3v) is 2.96. The van der Waals surface area contributed by atoms with Gasteiger partial charge in [0.1, 0.15) is 5.60 Å². The number of nitrogens with one attached hydrogen (secondary N) is 1. The van der Waals surface area contributed by atoms with Gasteiger partial charge in [0, 0.05) is 12.1 Å². The number of hydrogen-bond donors (Lipinski definition) is 1. The van der Waals surface area contributed by atoms with E-state index in [4.69, 9.17) is 9.47 Å². The number of carbonyl (C=O) groups excluding carboxylic acids is 2. The molecule has 0 heterocycles. The number of ether oxygens (including phenoxy) is 2. The molecule has 5 nitrogen and oxygen atoms in total. The Balaban J connectivity index is 4.53. The van der Waals surface area contributed by atoms with Crippen molar-refractivity contribution in [1.29, 1.82) is 0 Å². The van der Waals surface area contributed by atoms with E-state index < -0.39 is 11.7 Å². The molecule has 0 spiro atoms. The average Bonchev–Trinajstić information content (AvgIpc) is 2.34. The van der Waals surface area contributed by atoms with Crippen LogP contribution in [0.1, 0.15) is 54.4 Å². The van der Waals surface area contributed by atoms with Crippen LogP contribution in [-0.4, -0.2) is 30.3 Å². The van der Waals surface area contributed by atoms with Crippen LogP contribution in [0.25, 0.3) is 0 Å². The fourth-order valence-corrected chi connectivity index (χ4v) is 1.68. The predicted molar refractivity (Wildman–Crippen MR) is 83.0 cm³/mol. The molecule has 0 radical (unpaired) electrons. The largest absolute Gasteiger partial charge is 0.463 e. The summed E-state index contributed by atoms with van der Waals surface area (Å²) in [7, 11) is 0. The summed E-state index contributed by atoms with van der Waals surface area (Å²) in [4.78, 5) is 23.1. The van der Waals surface area contributed by atoms with E-state index in [1.54, 1.807) is 13.0 Å². The predicted octanol–water partition coefficient (Wildman–Crippen LogP) is 3.44. The molecule has 0 saturated carbocycles. The SMILES string of the molecule is CCOC(=O)/C=C/C[C@@H](NC(=O)OC(C)(C)C)C(C)CC. The van der Waals surface area contributed by atoms with Crippen molar-refractivity contribution >= 4 is 12.1 Å². The molecule has 1 N–H and O–H groups in total. The van der Waals surface area contributed by atoms with Crippen molar-refractivity contribution in [3.05, 3.63) is 12.2 Å². The summed E-state index contributed by atoms with van der Waals surface area (Å²) in [5.74, 6) is -0.0815. The summed E-state index contributed by atoms with van der Waals surface area (Å²) in [5, 5.41) is 2.87. The second kappa shape index (κ2) is 9.42. The van der Waals surface area contributed by atoms with Gasteiger partial charge in [-0.05, 0) is 40.0 Å². The Kier molecular flexibility index (Phi) is 8.74. The Bertz CT molecular complexity index is 358. The fourth-order valence-electron chi connectivity index (χ4n) is 1.68. The minimum Gasteiger partial charge on any atom is -0.463 e. The highest BCUT2D eigenvalue weighted by Crippen LogP contribution is 2.14. The van der Waals surface area contributed by atoms with E-state index in [1.807, 2.05) is 20.8 Å². The van der Waals surface area contributed by atoms with Gasteiger partial charge in [-0.1, -0.05) is 26.3 Å². The summed E-state index contributed by atoms with van der Waals surface area (Å²) in [6.07, 6.45) is 4.18. The Morgan fingerprint density at radius 1 is 1.24 bits per heavy atom. The quantitative estimate of drug-likeness (QED) is 0.578. The number of amides is 1. The van der Waals surface area contributed by atoms with Crippen LogP contribution in [0.3, 0.4) is 0 Å². The van der Waals surface area contributed by atoms with E-state index in [-0.39, 0.29) is 17.9 Å². The molecule has 0 saturated heterocycles. The molecule has 122 valence electrons. The molecule has 0 rings (SSSR count). The lowest BCUT2D eigenvalue weighted by atomic mass is 9.96. The third-order valence-electron chi connectivity index (χ3n) is 2.96. The zero-order valence-corrected chi connectivity index (χ0v) is 14.1. The van der Waals surface area contributed by atoms with Gasteiger partial charge in [-0.15, -0.1) is 0 Å². The molecule has 0 aromatic carbocycles. The van der Waals surface area contributed by atoms with Crippen LogP contribution in [0.15, 0.2) is 12.2 Å². The Morgan fingerprint density at radius 3 is 2.33 bits per heavy atom. The Morgan fingerprint density at radius 2 is 1.86 bits per heavy atom. The summed E-state index contributed by atoms with van der Waals surface area (Å²) < 4.78 is 10.1. The van der Waals surface area contributed by atoms with Gasteiger partial charge in [-0.3, -0.25) is 0 Å². The minimum absolute atomic E-state index is 0.0736. The zero-order valence-electron chi connectivity index (χ0n) is 14.1. The topological polar surface area (TPSA) is 64.6 Å². The molecule has 21 heavy (non-hydrogen) atoms. The van der Waals surface area contributed by atoms with Crippen LogP contribution in [0, 0.1) is 5.92 Å². The van der Waals surface area contributed by atoms with E-state index in [0.29, 0.717) is 13.0 Å². The van der Waals surface area contributed by atoms with E-state index in [9.17, 15) is 9.59 Å². The molecular weight excluding hydrogens is 270 g/mol. The first-order chi connectivity index (χ1) is 9.69. The number of carbonyl (C=O) groups is 2. The van der Waals surface area contributed by atoms with Crippen LogP contribution < -0.4 is 5.32 Å². The summed E-state index contributed by atoms with van der Waals surface area (Å²) in [6, 6.07) is -0.0736. The molecule has 0 aromatic rings. The standard InChI is InChI=1S/C16H29NO4/c1-7-12(3)13(10-9-11-14(18)20-8-2)17-15(19)21-16(4,5)6/h9,11-13H,7-8,10H2,1-6H3,(H,17,19)/b11-9+/t12?,13-/m1/s1. The van der Waals surface area contributed by atoms with Gasteiger partial charge in [0.25, 0.3) is 0 Å². The lowest BCUT2D eigenvalue weighted by molar-refractivity contribution is -0.137. The molecule has 0 aliphatic rings. The Labute approximate surface area is 128 Å². The maximum Gasteiger partial charge on any atom is 0.407 e. The highest BCUT2D eigenvalue weighted by molar-refractivity contribution is 5.81. The first-order valence-corrected chi connectivity index (χ1v) is 7.52. The summed E-state index contributed by atoms with van der Waals surface area (Å²) >= 11 is 0. The highest BCUT2D eigenvalue weighted by atomic mass is 16.6. The molecule has 0 aliphatic carbocycles. The molecule has 1 amide bonds. The smallest absolute Gasteiger partial charge is 0.407 e. The number of esters is 1. The molecule has 0 aromatic heterocycles. The monoisotopic (exact) mass is 299 g/mol. The van der Waals surface area contributed by atoms with Crippen molar-refractivity contribution in [2.24, 2.45) is 5.92 Å². The molecular formula is C16H29NO4. The van der Waals surface area contributed by atoms with E-state index in [1.165, 1.54) is 6.08 Å². The normalized spacial score (nSPS) is 14.6. The lowest BCUT2D eigenvalue weighted by Crippen LogP contribution is -2.42. The second-order valence-corrected chi connectivity index (χ2v) is 6.03. The maximum absolute atomic E-state index is 11.8. The van der Waals surface area contributed by atoms with Gasteiger partial charge >= 0.3 is 12.1 Å². The molecule has 0 bridgehead atoms. The highest BCUT2D eigenvalue weighted by Gasteiger charge is 2.21. The average molecular weight is 299 g/mol. The van der Waals surface area contributed by atoms with Gasteiger partial charge < -0.3 is 14.8 Å². The van der Waals surface area contributed by atoms with Crippen molar-refractivity contribution in [3.8, 4) is 0 Å². The Hall–Kier alpha value is -1.52. The molecule has 2 atom stereocenters. The number of hydrogen-bond acceptors (Lipinski definition) is 4. The van der Waals surface area contributed by atoms with Crippen LogP contribution in [0.5, 0.6) is 0 Å². The van der Waals surface area contributed by atoms with Gasteiger partial charge in [-0.25, -0.2) is 9.59 Å². The lowest BCUT2D eigenvalue weighted by Gasteiger charge is -2.26. The molecule has 0 aliphatic heterocycles. The van der Waals surface area contributed by atoms with Gasteiger partial charge in [0.05, 0.1) is 6.61 Å². The van der Waals surface area contributed by atoms with E-state index >= 15 is 0 Å². The van der Waals surface area contributed by atoms with Gasteiger partial charge in [0.15, 0.2) is 0 Å².